The van der Waals surface area contributed by atoms with Crippen LogP contribution in [0, 0.1) is 16.7 Å². The Bertz CT molecular complexity index is 1590. The van der Waals surface area contributed by atoms with Crippen molar-refractivity contribution in [3.8, 4) is 6.07 Å². The second-order valence-electron chi connectivity index (χ2n) is 12.8. The first-order chi connectivity index (χ1) is 21.3. The van der Waals surface area contributed by atoms with Gasteiger partial charge in [0.05, 0.1) is 30.6 Å². The normalized spacial score (nSPS) is 17.4. The van der Waals surface area contributed by atoms with Crippen LogP contribution in [0.4, 0.5) is 26.2 Å². The Balaban J connectivity index is 1.27. The lowest BCUT2D eigenvalue weighted by Gasteiger charge is -2.32. The third-order valence-electron chi connectivity index (χ3n) is 8.48. The number of hydrogen-bond acceptors (Lipinski definition) is 9. The summed E-state index contributed by atoms with van der Waals surface area (Å²) in [7, 11) is 0. The SMILES string of the molecule is CC(NC(=O)c1cnc(C(=O)N2CCC(c3cc(Nc4cc(C#N)ccn4)nc(N4CCC(F)(F)C4)c3)CC2)cn1)C(C)(C)C. The van der Waals surface area contributed by atoms with E-state index < -0.39 is 12.5 Å². The number of alkyl halides is 2. The zero-order valence-electron chi connectivity index (χ0n) is 25.8. The number of piperidine rings is 1. The van der Waals surface area contributed by atoms with Crippen LogP contribution < -0.4 is 15.5 Å². The van der Waals surface area contributed by atoms with Crippen LogP contribution in [0.3, 0.4) is 0 Å². The van der Waals surface area contributed by atoms with Crippen LogP contribution in [-0.2, 0) is 0 Å². The fourth-order valence-electron chi connectivity index (χ4n) is 5.25. The third kappa shape index (κ3) is 7.68. The van der Waals surface area contributed by atoms with E-state index in [9.17, 15) is 23.6 Å². The van der Waals surface area contributed by atoms with E-state index in [0.29, 0.717) is 48.9 Å². The van der Waals surface area contributed by atoms with Crippen LogP contribution in [0.2, 0.25) is 0 Å². The van der Waals surface area contributed by atoms with Crippen LogP contribution in [0.15, 0.2) is 42.9 Å². The monoisotopic (exact) mass is 617 g/mol. The summed E-state index contributed by atoms with van der Waals surface area (Å²) in [4.78, 5) is 46.4. The topological polar surface area (TPSA) is 140 Å². The molecule has 5 rings (SSSR count). The Hall–Kier alpha value is -4.73. The third-order valence-corrected chi connectivity index (χ3v) is 8.48. The number of amides is 2. The first kappa shape index (κ1) is 31.7. The molecule has 0 saturated carbocycles. The summed E-state index contributed by atoms with van der Waals surface area (Å²) in [6.07, 6.45) is 5.22. The molecule has 2 aliphatic rings. The molecule has 2 saturated heterocycles. The van der Waals surface area contributed by atoms with Gasteiger partial charge in [0.2, 0.25) is 0 Å². The number of nitrogens with zero attached hydrogens (tertiary/aromatic N) is 7. The number of anilines is 3. The molecule has 2 aliphatic heterocycles. The summed E-state index contributed by atoms with van der Waals surface area (Å²) in [5, 5.41) is 15.3. The number of halogens is 2. The van der Waals surface area contributed by atoms with Crippen molar-refractivity contribution in [1.82, 2.24) is 30.2 Å². The van der Waals surface area contributed by atoms with Gasteiger partial charge in [-0.2, -0.15) is 5.26 Å². The summed E-state index contributed by atoms with van der Waals surface area (Å²) in [6.45, 7) is 8.72. The largest absolute Gasteiger partial charge is 0.350 e. The van der Waals surface area contributed by atoms with Crippen molar-refractivity contribution >= 4 is 29.3 Å². The molecule has 11 nitrogen and oxygen atoms in total. The van der Waals surface area contributed by atoms with E-state index in [1.165, 1.54) is 18.6 Å². The van der Waals surface area contributed by atoms with E-state index in [4.69, 9.17) is 0 Å². The smallest absolute Gasteiger partial charge is 0.274 e. The van der Waals surface area contributed by atoms with E-state index in [-0.39, 0.29) is 53.5 Å². The minimum Gasteiger partial charge on any atom is -0.350 e. The van der Waals surface area contributed by atoms with Gasteiger partial charge in [-0.25, -0.2) is 28.7 Å². The molecule has 3 aromatic rings. The van der Waals surface area contributed by atoms with Gasteiger partial charge in [-0.3, -0.25) is 9.59 Å². The maximum atomic E-state index is 14.1. The number of rotatable bonds is 7. The number of aromatic nitrogens is 4. The molecule has 2 fully saturated rings. The van der Waals surface area contributed by atoms with Crippen molar-refractivity contribution in [3.63, 3.8) is 0 Å². The summed E-state index contributed by atoms with van der Waals surface area (Å²) in [5.74, 6) is -2.04. The zero-order chi connectivity index (χ0) is 32.4. The van der Waals surface area contributed by atoms with Gasteiger partial charge >= 0.3 is 0 Å². The number of likely N-dealkylation sites (tertiary alicyclic amines) is 1. The maximum absolute atomic E-state index is 14.1. The zero-order valence-corrected chi connectivity index (χ0v) is 25.8. The minimum absolute atomic E-state index is 0.0554. The summed E-state index contributed by atoms with van der Waals surface area (Å²) in [5.41, 5.74) is 1.53. The molecule has 236 valence electrons. The summed E-state index contributed by atoms with van der Waals surface area (Å²) >= 11 is 0. The molecule has 2 N–H and O–H groups in total. The molecule has 3 aromatic heterocycles. The predicted octanol–water partition coefficient (Wildman–Crippen LogP) is 4.91. The van der Waals surface area contributed by atoms with Crippen molar-refractivity contribution in [2.24, 2.45) is 5.41 Å². The standard InChI is InChI=1S/C32H37F2N9O2/c1-20(31(2,3)4)39-29(44)24-17-38-25(18-37-24)30(45)42-10-6-22(7-11-42)23-14-27(40-26-13-21(16-35)5-9-36-26)41-28(15-23)43-12-8-32(33,34)19-43/h5,9,13-15,17-18,20,22H,6-8,10-12,19H2,1-4H3,(H,39,44)(H,36,40,41). The molecular weight excluding hydrogens is 580 g/mol. The molecule has 5 heterocycles. The van der Waals surface area contributed by atoms with Gasteiger partial charge in [0.15, 0.2) is 0 Å². The van der Waals surface area contributed by atoms with E-state index >= 15 is 0 Å². The summed E-state index contributed by atoms with van der Waals surface area (Å²) in [6, 6.07) is 8.90. The second kappa shape index (κ2) is 12.7. The molecule has 45 heavy (non-hydrogen) atoms. The Kier molecular flexibility index (Phi) is 8.95. The van der Waals surface area contributed by atoms with Crippen molar-refractivity contribution in [2.75, 3.05) is 36.4 Å². The van der Waals surface area contributed by atoms with Gasteiger partial charge in [0, 0.05) is 38.3 Å². The van der Waals surface area contributed by atoms with Crippen LogP contribution in [0.25, 0.3) is 0 Å². The average molecular weight is 618 g/mol. The van der Waals surface area contributed by atoms with Crippen molar-refractivity contribution < 1.29 is 18.4 Å². The average Bonchev–Trinajstić information content (AvgIpc) is 3.39. The van der Waals surface area contributed by atoms with Crippen molar-refractivity contribution in [1.29, 1.82) is 5.26 Å². The first-order valence-corrected chi connectivity index (χ1v) is 15.0. The molecule has 0 bridgehead atoms. The van der Waals surface area contributed by atoms with Gasteiger partial charge in [-0.1, -0.05) is 20.8 Å². The highest BCUT2D eigenvalue weighted by Gasteiger charge is 2.39. The van der Waals surface area contributed by atoms with E-state index in [2.05, 4.69) is 36.6 Å². The van der Waals surface area contributed by atoms with Crippen molar-refractivity contribution in [2.45, 2.75) is 64.8 Å². The number of nitrogens with one attached hydrogen (secondary N) is 2. The number of carbonyl (C=O) groups is 2. The predicted molar refractivity (Wildman–Crippen MR) is 165 cm³/mol. The minimum atomic E-state index is -2.78. The molecule has 0 spiro atoms. The molecule has 1 atom stereocenters. The Labute approximate surface area is 261 Å². The fourth-order valence-corrected chi connectivity index (χ4v) is 5.25. The van der Waals surface area contributed by atoms with Gasteiger partial charge < -0.3 is 20.4 Å². The van der Waals surface area contributed by atoms with E-state index in [1.54, 1.807) is 21.9 Å². The lowest BCUT2D eigenvalue weighted by molar-refractivity contribution is 0.0256. The highest BCUT2D eigenvalue weighted by atomic mass is 19.3. The van der Waals surface area contributed by atoms with Crippen LogP contribution in [-0.4, -0.2) is 74.8 Å². The van der Waals surface area contributed by atoms with Crippen LogP contribution in [0.5, 0.6) is 0 Å². The Morgan fingerprint density at radius 1 is 1.04 bits per heavy atom. The highest BCUT2D eigenvalue weighted by Crippen LogP contribution is 2.35. The number of pyridine rings is 2. The van der Waals surface area contributed by atoms with Crippen molar-refractivity contribution in [3.05, 3.63) is 65.4 Å². The number of nitriles is 1. The lowest BCUT2D eigenvalue weighted by Crippen LogP contribution is -2.42. The number of hydrogen-bond donors (Lipinski definition) is 2. The quantitative estimate of drug-likeness (QED) is 0.378. The van der Waals surface area contributed by atoms with E-state index in [1.807, 2.05) is 39.8 Å². The van der Waals surface area contributed by atoms with Crippen LogP contribution in [0.1, 0.15) is 85.0 Å². The molecule has 0 radical (unpaired) electrons. The maximum Gasteiger partial charge on any atom is 0.274 e. The Morgan fingerprint density at radius 3 is 2.38 bits per heavy atom. The lowest BCUT2D eigenvalue weighted by atomic mass is 9.88. The Morgan fingerprint density at radius 2 is 1.76 bits per heavy atom. The fraction of sp³-hybridized carbons (Fsp3) is 0.469. The highest BCUT2D eigenvalue weighted by molar-refractivity contribution is 5.94. The first-order valence-electron chi connectivity index (χ1n) is 15.0. The van der Waals surface area contributed by atoms with Crippen LogP contribution >= 0.6 is 0 Å². The molecule has 0 aromatic carbocycles. The van der Waals surface area contributed by atoms with Gasteiger partial charge in [0.1, 0.15) is 28.8 Å². The molecule has 2 amide bonds. The molecular formula is C32H37F2N9O2. The summed E-state index contributed by atoms with van der Waals surface area (Å²) < 4.78 is 28.2. The molecule has 1 unspecified atom stereocenters. The molecule has 13 heteroatoms. The second-order valence-corrected chi connectivity index (χ2v) is 12.8. The number of carbonyl (C=O) groups excluding carboxylic acids is 2. The molecule has 0 aliphatic carbocycles. The van der Waals surface area contributed by atoms with E-state index in [0.717, 1.165) is 5.56 Å². The van der Waals surface area contributed by atoms with Gasteiger partial charge in [-0.15, -0.1) is 0 Å². The van der Waals surface area contributed by atoms with Gasteiger partial charge in [0.25, 0.3) is 17.7 Å². The van der Waals surface area contributed by atoms with Gasteiger partial charge in [-0.05, 0) is 60.9 Å².